The Hall–Kier alpha value is -2.39. The lowest BCUT2D eigenvalue weighted by atomic mass is 9.85. The zero-order valence-corrected chi connectivity index (χ0v) is 17.3. The molecule has 0 heterocycles. The summed E-state index contributed by atoms with van der Waals surface area (Å²) in [7, 11) is 4.95. The van der Waals surface area contributed by atoms with Crippen molar-refractivity contribution >= 4 is 17.7 Å². The number of ether oxygens (including phenoxy) is 1. The van der Waals surface area contributed by atoms with Gasteiger partial charge in [-0.3, -0.25) is 9.59 Å². The molecule has 0 radical (unpaired) electrons. The molecule has 0 saturated carbocycles. The Labute approximate surface area is 169 Å². The lowest BCUT2D eigenvalue weighted by molar-refractivity contribution is -0.152. The van der Waals surface area contributed by atoms with Gasteiger partial charge in [-0.05, 0) is 64.5 Å². The number of rotatable bonds is 11. The first-order valence-corrected chi connectivity index (χ1v) is 9.30. The topological polar surface area (TPSA) is 102 Å². The van der Waals surface area contributed by atoms with Gasteiger partial charge in [-0.2, -0.15) is 0 Å². The van der Waals surface area contributed by atoms with Crippen LogP contribution < -0.4 is 11.1 Å². The summed E-state index contributed by atoms with van der Waals surface area (Å²) in [6.45, 7) is 2.17. The molecule has 0 unspecified atom stereocenters. The first kappa shape index (κ1) is 24.6. The number of unbranched alkanes of at least 4 members (excludes halogenated alkanes) is 1. The first-order chi connectivity index (χ1) is 13.5. The van der Waals surface area contributed by atoms with E-state index in [1.807, 2.05) is 19.0 Å². The number of nitrogens with two attached hydrogens (primary N) is 1. The van der Waals surface area contributed by atoms with E-state index in [-0.39, 0.29) is 18.4 Å². The molecule has 29 heavy (non-hydrogen) atoms. The van der Waals surface area contributed by atoms with Crippen molar-refractivity contribution in [3.05, 3.63) is 35.4 Å². The standard InChI is InChI=1S/C20H29F2N3O4/c1-13(24-17(26)11-14-9-15(21)12-16(22)10-14)18(27)20(23,19(28)29-4)7-5-6-8-25(2)3/h9-10,12-13H,5-8,11,23H2,1-4H3,(H,24,26)/t13-,20-/m0/s1. The molecule has 0 aliphatic heterocycles. The first-order valence-electron chi connectivity index (χ1n) is 9.30. The molecular weight excluding hydrogens is 384 g/mol. The van der Waals surface area contributed by atoms with Crippen molar-refractivity contribution in [2.24, 2.45) is 5.73 Å². The molecule has 0 aromatic heterocycles. The summed E-state index contributed by atoms with van der Waals surface area (Å²) >= 11 is 0. The summed E-state index contributed by atoms with van der Waals surface area (Å²) < 4.78 is 31.2. The van der Waals surface area contributed by atoms with Gasteiger partial charge < -0.3 is 20.7 Å². The van der Waals surface area contributed by atoms with E-state index >= 15 is 0 Å². The number of carbonyl (C=O) groups is 3. The fraction of sp³-hybridized carbons (Fsp3) is 0.550. The van der Waals surface area contributed by atoms with Crippen molar-refractivity contribution < 1.29 is 27.9 Å². The minimum absolute atomic E-state index is 0.0711. The highest BCUT2D eigenvalue weighted by molar-refractivity contribution is 6.11. The van der Waals surface area contributed by atoms with Gasteiger partial charge in [0.25, 0.3) is 0 Å². The number of carbonyl (C=O) groups excluding carboxylic acids is 3. The third kappa shape index (κ3) is 7.51. The van der Waals surface area contributed by atoms with Gasteiger partial charge in [0.1, 0.15) is 11.6 Å². The van der Waals surface area contributed by atoms with Crippen LogP contribution in [0.3, 0.4) is 0 Å². The van der Waals surface area contributed by atoms with E-state index < -0.39 is 40.9 Å². The highest BCUT2D eigenvalue weighted by atomic mass is 19.1. The van der Waals surface area contributed by atoms with E-state index in [2.05, 4.69) is 5.32 Å². The number of esters is 1. The van der Waals surface area contributed by atoms with Gasteiger partial charge in [-0.15, -0.1) is 0 Å². The molecule has 9 heteroatoms. The summed E-state index contributed by atoms with van der Waals surface area (Å²) in [6, 6.07) is 1.67. The number of nitrogens with one attached hydrogen (secondary N) is 1. The van der Waals surface area contributed by atoms with Crippen LogP contribution >= 0.6 is 0 Å². The minimum Gasteiger partial charge on any atom is -0.467 e. The molecule has 0 bridgehead atoms. The largest absolute Gasteiger partial charge is 0.467 e. The zero-order valence-electron chi connectivity index (χ0n) is 17.3. The van der Waals surface area contributed by atoms with Crippen molar-refractivity contribution in [1.29, 1.82) is 0 Å². The normalized spacial score (nSPS) is 14.2. The molecule has 0 aliphatic rings. The van der Waals surface area contributed by atoms with E-state index in [1.165, 1.54) is 6.92 Å². The van der Waals surface area contributed by atoms with Crippen LogP contribution in [0.2, 0.25) is 0 Å². The molecule has 1 rings (SSSR count). The van der Waals surface area contributed by atoms with Crippen LogP contribution in [0.25, 0.3) is 0 Å². The van der Waals surface area contributed by atoms with Gasteiger partial charge in [0.15, 0.2) is 11.3 Å². The van der Waals surface area contributed by atoms with Crippen LogP contribution in [0, 0.1) is 11.6 Å². The Balaban J connectivity index is 2.78. The van der Waals surface area contributed by atoms with Crippen LogP contribution in [0.4, 0.5) is 8.78 Å². The maximum absolute atomic E-state index is 13.3. The van der Waals surface area contributed by atoms with Crippen LogP contribution in [-0.2, 0) is 25.5 Å². The van der Waals surface area contributed by atoms with Gasteiger partial charge in [0, 0.05) is 6.07 Å². The number of methoxy groups -OCH3 is 1. The number of Topliss-reactive ketones (excluding diaryl/α,β-unsaturated/α-hetero) is 1. The van der Waals surface area contributed by atoms with Crippen molar-refractivity contribution in [3.63, 3.8) is 0 Å². The highest BCUT2D eigenvalue weighted by Gasteiger charge is 2.44. The van der Waals surface area contributed by atoms with Gasteiger partial charge in [0.2, 0.25) is 5.91 Å². The SMILES string of the molecule is COC(=O)[C@](N)(CCCCN(C)C)C(=O)[C@H](C)NC(=O)Cc1cc(F)cc(F)c1. The summed E-state index contributed by atoms with van der Waals surface area (Å²) in [5.74, 6) is -3.80. The summed E-state index contributed by atoms with van der Waals surface area (Å²) in [5.41, 5.74) is 4.32. The maximum atomic E-state index is 13.3. The van der Waals surface area contributed by atoms with E-state index in [0.29, 0.717) is 12.5 Å². The lowest BCUT2D eigenvalue weighted by Crippen LogP contribution is -2.61. The Morgan fingerprint density at radius 1 is 1.17 bits per heavy atom. The Kier molecular flexibility index (Phi) is 9.32. The lowest BCUT2D eigenvalue weighted by Gasteiger charge is -2.28. The summed E-state index contributed by atoms with van der Waals surface area (Å²) in [6.07, 6.45) is 0.980. The molecule has 2 atom stereocenters. The van der Waals surface area contributed by atoms with E-state index in [0.717, 1.165) is 32.2 Å². The van der Waals surface area contributed by atoms with Crippen LogP contribution in [0.5, 0.6) is 0 Å². The van der Waals surface area contributed by atoms with Crippen molar-refractivity contribution in [2.75, 3.05) is 27.7 Å². The number of ketones is 1. The van der Waals surface area contributed by atoms with Crippen LogP contribution in [-0.4, -0.2) is 61.9 Å². The molecule has 1 amide bonds. The molecule has 7 nitrogen and oxygen atoms in total. The summed E-state index contributed by atoms with van der Waals surface area (Å²) in [4.78, 5) is 39.2. The Morgan fingerprint density at radius 2 is 1.76 bits per heavy atom. The third-order valence-corrected chi connectivity index (χ3v) is 4.47. The molecule has 3 N–H and O–H groups in total. The number of hydrogen-bond acceptors (Lipinski definition) is 6. The average Bonchev–Trinajstić information content (AvgIpc) is 2.62. The number of nitrogens with zero attached hydrogens (tertiary/aromatic N) is 1. The zero-order chi connectivity index (χ0) is 22.2. The molecule has 1 aromatic rings. The number of benzene rings is 1. The number of halogens is 2. The predicted octanol–water partition coefficient (Wildman–Crippen LogP) is 1.18. The predicted molar refractivity (Wildman–Crippen MR) is 104 cm³/mol. The Bertz CT molecular complexity index is 722. The molecule has 0 saturated heterocycles. The van der Waals surface area contributed by atoms with Crippen LogP contribution in [0.1, 0.15) is 31.7 Å². The third-order valence-electron chi connectivity index (χ3n) is 4.47. The highest BCUT2D eigenvalue weighted by Crippen LogP contribution is 2.17. The molecular formula is C20H29F2N3O4. The Morgan fingerprint density at radius 3 is 2.28 bits per heavy atom. The van der Waals surface area contributed by atoms with E-state index in [9.17, 15) is 23.2 Å². The average molecular weight is 413 g/mol. The minimum atomic E-state index is -1.89. The number of hydrogen-bond donors (Lipinski definition) is 2. The quantitative estimate of drug-likeness (QED) is 0.321. The van der Waals surface area contributed by atoms with Crippen LogP contribution in [0.15, 0.2) is 18.2 Å². The van der Waals surface area contributed by atoms with E-state index in [1.54, 1.807) is 0 Å². The summed E-state index contributed by atoms with van der Waals surface area (Å²) in [5, 5.41) is 2.43. The maximum Gasteiger partial charge on any atom is 0.333 e. The van der Waals surface area contributed by atoms with Gasteiger partial charge >= 0.3 is 5.97 Å². The van der Waals surface area contributed by atoms with Gasteiger partial charge in [-0.25, -0.2) is 13.6 Å². The molecule has 0 aliphatic carbocycles. The fourth-order valence-electron chi connectivity index (χ4n) is 2.98. The van der Waals surface area contributed by atoms with Gasteiger partial charge in [-0.1, -0.05) is 0 Å². The second-order valence-corrected chi connectivity index (χ2v) is 7.33. The van der Waals surface area contributed by atoms with Crippen molar-refractivity contribution in [1.82, 2.24) is 10.2 Å². The smallest absolute Gasteiger partial charge is 0.333 e. The second-order valence-electron chi connectivity index (χ2n) is 7.33. The number of amides is 1. The van der Waals surface area contributed by atoms with Crippen molar-refractivity contribution in [2.45, 2.75) is 44.2 Å². The van der Waals surface area contributed by atoms with Crippen molar-refractivity contribution in [3.8, 4) is 0 Å². The molecule has 162 valence electrons. The van der Waals surface area contributed by atoms with Gasteiger partial charge in [0.05, 0.1) is 19.6 Å². The molecule has 1 aromatic carbocycles. The van der Waals surface area contributed by atoms with E-state index in [4.69, 9.17) is 10.5 Å². The fourth-order valence-corrected chi connectivity index (χ4v) is 2.98. The monoisotopic (exact) mass is 413 g/mol. The molecule has 0 fully saturated rings. The molecule has 0 spiro atoms. The second kappa shape index (κ2) is 11.0.